The summed E-state index contributed by atoms with van der Waals surface area (Å²) in [6, 6.07) is 5.23. The van der Waals surface area contributed by atoms with Crippen molar-refractivity contribution < 1.29 is 21.6 Å². The molecule has 0 fully saturated rings. The lowest BCUT2D eigenvalue weighted by molar-refractivity contribution is 0.216. The van der Waals surface area contributed by atoms with Gasteiger partial charge in [0.1, 0.15) is 0 Å². The summed E-state index contributed by atoms with van der Waals surface area (Å²) in [5.74, 6) is -0.136. The summed E-state index contributed by atoms with van der Waals surface area (Å²) >= 11 is 0. The highest BCUT2D eigenvalue weighted by Crippen LogP contribution is 2.16. The molecule has 0 radical (unpaired) electrons. The van der Waals surface area contributed by atoms with Gasteiger partial charge in [0, 0.05) is 13.2 Å². The maximum atomic E-state index is 11.7. The van der Waals surface area contributed by atoms with Gasteiger partial charge in [0.05, 0.1) is 17.3 Å². The monoisotopic (exact) mass is 322 g/mol. The predicted octanol–water partition coefficient (Wildman–Crippen LogP) is -0.0392. The number of nitrogens with two attached hydrogens (primary N) is 1. The van der Waals surface area contributed by atoms with Gasteiger partial charge in [0.2, 0.25) is 20.0 Å². The number of ether oxygens (including phenoxy) is 1. The van der Waals surface area contributed by atoms with Gasteiger partial charge in [0.15, 0.2) is 0 Å². The Morgan fingerprint density at radius 1 is 1.20 bits per heavy atom. The fourth-order valence-electron chi connectivity index (χ4n) is 1.54. The lowest BCUT2D eigenvalue weighted by Crippen LogP contribution is -2.30. The van der Waals surface area contributed by atoms with Crippen molar-refractivity contribution in [3.63, 3.8) is 0 Å². The summed E-state index contributed by atoms with van der Waals surface area (Å²) in [5.41, 5.74) is 0.637. The summed E-state index contributed by atoms with van der Waals surface area (Å²) in [7, 11) is -5.77. The van der Waals surface area contributed by atoms with Crippen LogP contribution in [0.25, 0.3) is 0 Å². The van der Waals surface area contributed by atoms with Gasteiger partial charge < -0.3 is 4.74 Å². The summed E-state index contributed by atoms with van der Waals surface area (Å²) in [4.78, 5) is -0.0179. The third-order valence-corrected chi connectivity index (χ3v) is 4.97. The summed E-state index contributed by atoms with van der Waals surface area (Å²) in [5, 5.41) is 4.99. The standard InChI is InChI=1S/C11H18N2O5S2/c1-9(13-19(14,15)8-7-18-2)10-3-5-11(6-4-10)20(12,16)17/h3-6,9,13H,7-8H2,1-2H3,(H2,12,16,17). The minimum atomic E-state index is -3.75. The van der Waals surface area contributed by atoms with Gasteiger partial charge in [-0.1, -0.05) is 12.1 Å². The van der Waals surface area contributed by atoms with Crippen molar-refractivity contribution in [3.8, 4) is 0 Å². The Bertz CT molecular complexity index is 638. The van der Waals surface area contributed by atoms with E-state index in [0.29, 0.717) is 5.56 Å². The van der Waals surface area contributed by atoms with Gasteiger partial charge in [-0.25, -0.2) is 26.7 Å². The van der Waals surface area contributed by atoms with Crippen LogP contribution >= 0.6 is 0 Å². The Hall–Kier alpha value is -1.00. The molecule has 1 aromatic rings. The van der Waals surface area contributed by atoms with Crippen LogP contribution in [0.4, 0.5) is 0 Å². The van der Waals surface area contributed by atoms with Crippen LogP contribution in [0.15, 0.2) is 29.2 Å². The van der Waals surface area contributed by atoms with E-state index in [9.17, 15) is 16.8 Å². The van der Waals surface area contributed by atoms with Crippen LogP contribution in [0.5, 0.6) is 0 Å². The van der Waals surface area contributed by atoms with Gasteiger partial charge >= 0.3 is 0 Å². The molecule has 0 spiro atoms. The summed E-state index contributed by atoms with van der Waals surface area (Å²) in [6.07, 6.45) is 0. The fraction of sp³-hybridized carbons (Fsp3) is 0.455. The van der Waals surface area contributed by atoms with E-state index in [1.54, 1.807) is 6.92 Å². The number of primary sulfonamides is 1. The topological polar surface area (TPSA) is 116 Å². The molecule has 9 heteroatoms. The molecule has 0 bridgehead atoms. The first-order chi connectivity index (χ1) is 9.15. The van der Waals surface area contributed by atoms with Crippen LogP contribution in [-0.2, 0) is 24.8 Å². The lowest BCUT2D eigenvalue weighted by Gasteiger charge is -2.14. The molecular weight excluding hydrogens is 304 g/mol. The SMILES string of the molecule is COCCS(=O)(=O)NC(C)c1ccc(S(N)(=O)=O)cc1. The first kappa shape index (κ1) is 17.1. The summed E-state index contributed by atoms with van der Waals surface area (Å²) < 4.78 is 52.8. The van der Waals surface area contributed by atoms with E-state index in [-0.39, 0.29) is 17.3 Å². The molecular formula is C11H18N2O5S2. The second-order valence-corrected chi connectivity index (χ2v) is 7.70. The third kappa shape index (κ3) is 5.17. The molecule has 1 aromatic carbocycles. The molecule has 0 saturated carbocycles. The molecule has 0 saturated heterocycles. The number of hydrogen-bond acceptors (Lipinski definition) is 5. The van der Waals surface area contributed by atoms with E-state index >= 15 is 0 Å². The van der Waals surface area contributed by atoms with Crippen LogP contribution in [0.2, 0.25) is 0 Å². The van der Waals surface area contributed by atoms with Crippen molar-refractivity contribution in [1.29, 1.82) is 0 Å². The number of methoxy groups -OCH3 is 1. The Balaban J connectivity index is 2.81. The van der Waals surface area contributed by atoms with Crippen LogP contribution < -0.4 is 9.86 Å². The van der Waals surface area contributed by atoms with Crippen molar-refractivity contribution in [2.45, 2.75) is 17.9 Å². The molecule has 0 aliphatic rings. The van der Waals surface area contributed by atoms with Crippen LogP contribution in [-0.4, -0.2) is 36.3 Å². The van der Waals surface area contributed by atoms with Crippen LogP contribution in [0.1, 0.15) is 18.5 Å². The average Bonchev–Trinajstić information content (AvgIpc) is 2.35. The Labute approximate surface area is 119 Å². The van der Waals surface area contributed by atoms with Crippen molar-refractivity contribution >= 4 is 20.0 Å². The molecule has 1 atom stereocenters. The first-order valence-electron chi connectivity index (χ1n) is 5.77. The van der Waals surface area contributed by atoms with E-state index in [4.69, 9.17) is 9.88 Å². The van der Waals surface area contributed by atoms with Crippen LogP contribution in [0.3, 0.4) is 0 Å². The third-order valence-electron chi connectivity index (χ3n) is 2.62. The molecule has 0 aliphatic heterocycles. The second kappa shape index (κ2) is 6.64. The molecule has 20 heavy (non-hydrogen) atoms. The quantitative estimate of drug-likeness (QED) is 0.731. The number of benzene rings is 1. The smallest absolute Gasteiger partial charge is 0.238 e. The van der Waals surface area contributed by atoms with E-state index in [0.717, 1.165) is 0 Å². The number of sulfonamides is 2. The Morgan fingerprint density at radius 2 is 1.75 bits per heavy atom. The van der Waals surface area contributed by atoms with Gasteiger partial charge in [-0.15, -0.1) is 0 Å². The molecule has 0 aromatic heterocycles. The van der Waals surface area contributed by atoms with E-state index in [1.807, 2.05) is 0 Å². The van der Waals surface area contributed by atoms with E-state index in [1.165, 1.54) is 31.4 Å². The molecule has 1 rings (SSSR count). The number of nitrogens with one attached hydrogen (secondary N) is 1. The molecule has 0 amide bonds. The molecule has 0 heterocycles. The maximum Gasteiger partial charge on any atom is 0.238 e. The van der Waals surface area contributed by atoms with Gasteiger partial charge in [-0.3, -0.25) is 0 Å². The second-order valence-electron chi connectivity index (χ2n) is 4.27. The van der Waals surface area contributed by atoms with E-state index < -0.39 is 26.1 Å². The molecule has 1 unspecified atom stereocenters. The van der Waals surface area contributed by atoms with Gasteiger partial charge in [-0.05, 0) is 24.6 Å². The Kier molecular flexibility index (Phi) is 5.66. The number of rotatable bonds is 7. The minimum absolute atomic E-state index is 0.0179. The highest BCUT2D eigenvalue weighted by Gasteiger charge is 2.16. The first-order valence-corrected chi connectivity index (χ1v) is 8.97. The zero-order chi connectivity index (χ0) is 15.4. The van der Waals surface area contributed by atoms with Crippen molar-refractivity contribution in [2.24, 2.45) is 5.14 Å². The highest BCUT2D eigenvalue weighted by atomic mass is 32.2. The molecule has 3 N–H and O–H groups in total. The van der Waals surface area contributed by atoms with Crippen molar-refractivity contribution in [2.75, 3.05) is 19.5 Å². The maximum absolute atomic E-state index is 11.7. The highest BCUT2D eigenvalue weighted by molar-refractivity contribution is 7.89. The summed E-state index contributed by atoms with van der Waals surface area (Å²) in [6.45, 7) is 1.77. The van der Waals surface area contributed by atoms with E-state index in [2.05, 4.69) is 4.72 Å². The molecule has 7 nitrogen and oxygen atoms in total. The molecule has 114 valence electrons. The van der Waals surface area contributed by atoms with Gasteiger partial charge in [-0.2, -0.15) is 0 Å². The normalized spacial score (nSPS) is 14.2. The Morgan fingerprint density at radius 3 is 2.20 bits per heavy atom. The predicted molar refractivity (Wildman–Crippen MR) is 75.0 cm³/mol. The number of hydrogen-bond donors (Lipinski definition) is 2. The molecule has 0 aliphatic carbocycles. The largest absolute Gasteiger partial charge is 0.384 e. The average molecular weight is 322 g/mol. The van der Waals surface area contributed by atoms with Crippen molar-refractivity contribution in [1.82, 2.24) is 4.72 Å². The van der Waals surface area contributed by atoms with Gasteiger partial charge in [0.25, 0.3) is 0 Å². The zero-order valence-electron chi connectivity index (χ0n) is 11.2. The fourth-order valence-corrected chi connectivity index (χ4v) is 3.23. The zero-order valence-corrected chi connectivity index (χ0v) is 12.9. The van der Waals surface area contributed by atoms with Crippen LogP contribution in [0, 0.1) is 0 Å². The lowest BCUT2D eigenvalue weighted by atomic mass is 10.1. The van der Waals surface area contributed by atoms with Crippen molar-refractivity contribution in [3.05, 3.63) is 29.8 Å². The minimum Gasteiger partial charge on any atom is -0.384 e.